The second-order valence-electron chi connectivity index (χ2n) is 6.51. The average molecular weight is 438 g/mol. The molecule has 0 amide bonds. The number of nitrogens with one attached hydrogen (secondary N) is 1. The Morgan fingerprint density at radius 2 is 1.93 bits per heavy atom. The largest absolute Gasteiger partial charge is 0.491 e. The van der Waals surface area contributed by atoms with Crippen molar-refractivity contribution in [3.05, 3.63) is 41.9 Å². The zero-order valence-corrected chi connectivity index (χ0v) is 16.4. The molecule has 3 heterocycles. The fourth-order valence-electron chi connectivity index (χ4n) is 3.09. The van der Waals surface area contributed by atoms with Gasteiger partial charge in [-0.3, -0.25) is 9.40 Å². The van der Waals surface area contributed by atoms with Gasteiger partial charge in [-0.05, 0) is 23.7 Å². The molecule has 11 nitrogen and oxygen atoms in total. The van der Waals surface area contributed by atoms with E-state index < -0.39 is 31.1 Å². The van der Waals surface area contributed by atoms with Crippen molar-refractivity contribution in [1.29, 1.82) is 0 Å². The summed E-state index contributed by atoms with van der Waals surface area (Å²) < 4.78 is 12.5. The van der Waals surface area contributed by atoms with Crippen molar-refractivity contribution >= 4 is 28.6 Å². The number of fused-ring (bicyclic) bond motifs is 1. The van der Waals surface area contributed by atoms with Crippen LogP contribution in [0.1, 0.15) is 6.23 Å². The number of anilines is 1. The number of aliphatic hydroxyl groups is 3. The molecule has 0 aliphatic carbocycles. The molecule has 4 N–H and O–H groups in total. The van der Waals surface area contributed by atoms with E-state index >= 15 is 0 Å². The molecule has 160 valence electrons. The number of aromatic nitrogens is 4. The molecule has 1 fully saturated rings. The number of hydrogen-bond donors (Lipinski definition) is 4. The molecule has 1 aliphatic rings. The van der Waals surface area contributed by atoms with Crippen LogP contribution in [-0.2, 0) is 9.57 Å². The Labute approximate surface area is 175 Å². The average Bonchev–Trinajstić information content (AvgIpc) is 3.29. The van der Waals surface area contributed by atoms with Crippen LogP contribution in [0.25, 0.3) is 11.2 Å². The molecule has 0 unspecified atom stereocenters. The lowest BCUT2D eigenvalue weighted by atomic mass is 10.1. The highest BCUT2D eigenvalue weighted by Crippen LogP contribution is 2.32. The predicted molar refractivity (Wildman–Crippen MR) is 105 cm³/mol. The van der Waals surface area contributed by atoms with Gasteiger partial charge in [-0.2, -0.15) is 9.97 Å². The van der Waals surface area contributed by atoms with E-state index in [1.54, 1.807) is 0 Å². The second-order valence-corrected chi connectivity index (χ2v) is 6.84. The maximum absolute atomic E-state index is 10.3. The van der Waals surface area contributed by atoms with E-state index in [4.69, 9.17) is 25.9 Å². The number of para-hydroxylation sites is 1. The summed E-state index contributed by atoms with van der Waals surface area (Å²) in [5.41, 5.74) is 3.26. The lowest BCUT2D eigenvalue weighted by Gasteiger charge is -2.16. The Morgan fingerprint density at radius 3 is 2.67 bits per heavy atom. The maximum atomic E-state index is 10.3. The molecule has 3 aromatic rings. The van der Waals surface area contributed by atoms with Gasteiger partial charge in [-0.15, -0.1) is 0 Å². The van der Waals surface area contributed by atoms with Gasteiger partial charge >= 0.3 is 0 Å². The lowest BCUT2D eigenvalue weighted by molar-refractivity contribution is -0.0511. The van der Waals surface area contributed by atoms with Gasteiger partial charge in [0, 0.05) is 0 Å². The molecule has 0 bridgehead atoms. The SMILES string of the molecule is OC[C@H]1O[C@@H](n2cnc3c(NOCCOc4ccccc4)nc(Cl)nc32)[C@H](O)[C@@H]1O. The van der Waals surface area contributed by atoms with Gasteiger partial charge in [-0.1, -0.05) is 18.2 Å². The van der Waals surface area contributed by atoms with Crippen molar-refractivity contribution in [2.75, 3.05) is 25.3 Å². The zero-order valence-electron chi connectivity index (χ0n) is 15.6. The van der Waals surface area contributed by atoms with Gasteiger partial charge in [0.1, 0.15) is 37.3 Å². The van der Waals surface area contributed by atoms with Crippen molar-refractivity contribution < 1.29 is 29.6 Å². The number of imidazole rings is 1. The number of aliphatic hydroxyl groups excluding tert-OH is 3. The quantitative estimate of drug-likeness (QED) is 0.223. The van der Waals surface area contributed by atoms with E-state index in [9.17, 15) is 15.3 Å². The third-order valence-corrected chi connectivity index (χ3v) is 4.72. The number of nitrogens with zero attached hydrogens (tertiary/aromatic N) is 4. The molecular weight excluding hydrogens is 418 g/mol. The van der Waals surface area contributed by atoms with Gasteiger partial charge < -0.3 is 24.8 Å². The lowest BCUT2D eigenvalue weighted by Crippen LogP contribution is -2.33. The summed E-state index contributed by atoms with van der Waals surface area (Å²) in [4.78, 5) is 17.8. The molecule has 0 saturated carbocycles. The van der Waals surface area contributed by atoms with Crippen LogP contribution in [0.15, 0.2) is 36.7 Å². The van der Waals surface area contributed by atoms with E-state index in [1.807, 2.05) is 30.3 Å². The van der Waals surface area contributed by atoms with Gasteiger partial charge in [0.15, 0.2) is 23.2 Å². The molecule has 0 spiro atoms. The fourth-order valence-corrected chi connectivity index (χ4v) is 3.26. The van der Waals surface area contributed by atoms with Crippen molar-refractivity contribution in [3.8, 4) is 5.75 Å². The van der Waals surface area contributed by atoms with Crippen LogP contribution in [0.2, 0.25) is 5.28 Å². The number of benzene rings is 1. The number of ether oxygens (including phenoxy) is 2. The second kappa shape index (κ2) is 9.08. The van der Waals surface area contributed by atoms with E-state index in [0.29, 0.717) is 12.1 Å². The molecule has 1 aliphatic heterocycles. The summed E-state index contributed by atoms with van der Waals surface area (Å²) >= 11 is 6.02. The minimum atomic E-state index is -1.28. The van der Waals surface area contributed by atoms with Gasteiger partial charge in [0.05, 0.1) is 12.9 Å². The first kappa shape index (κ1) is 20.7. The summed E-state index contributed by atoms with van der Waals surface area (Å²) in [5.74, 6) is 0.945. The van der Waals surface area contributed by atoms with E-state index in [0.717, 1.165) is 5.75 Å². The molecule has 1 saturated heterocycles. The van der Waals surface area contributed by atoms with Crippen LogP contribution in [-0.4, -0.2) is 73.0 Å². The van der Waals surface area contributed by atoms with Crippen molar-refractivity contribution in [1.82, 2.24) is 19.5 Å². The van der Waals surface area contributed by atoms with Crippen LogP contribution < -0.4 is 10.2 Å². The van der Waals surface area contributed by atoms with Crippen LogP contribution >= 0.6 is 11.6 Å². The first-order valence-corrected chi connectivity index (χ1v) is 9.54. The van der Waals surface area contributed by atoms with Crippen LogP contribution in [0.4, 0.5) is 5.82 Å². The van der Waals surface area contributed by atoms with E-state index in [1.165, 1.54) is 10.9 Å². The monoisotopic (exact) mass is 437 g/mol. The topological polar surface area (TPSA) is 144 Å². The molecule has 4 atom stereocenters. The van der Waals surface area contributed by atoms with Gasteiger partial charge in [0.25, 0.3) is 0 Å². The standard InChI is InChI=1S/C18H20ClN5O6/c19-18-21-15(23-29-7-6-28-10-4-2-1-3-5-10)12-16(22-18)24(9-20-12)17-14(27)13(26)11(8-25)30-17/h1-5,9,11,13-14,17,25-27H,6-8H2,(H,21,22,23)/t11-,13-,14-,17-/m1/s1. The van der Waals surface area contributed by atoms with Crippen molar-refractivity contribution in [2.45, 2.75) is 24.5 Å². The predicted octanol–water partition coefficient (Wildman–Crippen LogP) is 0.514. The van der Waals surface area contributed by atoms with E-state index in [-0.39, 0.29) is 23.4 Å². The van der Waals surface area contributed by atoms with Gasteiger partial charge in [-0.25, -0.2) is 10.5 Å². The van der Waals surface area contributed by atoms with E-state index in [2.05, 4.69) is 20.4 Å². The van der Waals surface area contributed by atoms with Crippen LogP contribution in [0, 0.1) is 0 Å². The van der Waals surface area contributed by atoms with Crippen LogP contribution in [0.3, 0.4) is 0 Å². The Kier molecular flexibility index (Phi) is 6.27. The first-order chi connectivity index (χ1) is 14.6. The summed E-state index contributed by atoms with van der Waals surface area (Å²) in [6.07, 6.45) is -3.08. The summed E-state index contributed by atoms with van der Waals surface area (Å²) in [6.45, 7) is 0.0757. The fraction of sp³-hybridized carbons (Fsp3) is 0.389. The summed E-state index contributed by atoms with van der Waals surface area (Å²) in [6, 6.07) is 9.32. The molecule has 12 heteroatoms. The molecule has 1 aromatic carbocycles. The highest BCUT2D eigenvalue weighted by molar-refractivity contribution is 6.28. The summed E-state index contributed by atoms with van der Waals surface area (Å²) in [5, 5.41) is 29.4. The molecular formula is C18H20ClN5O6. The highest BCUT2D eigenvalue weighted by atomic mass is 35.5. The van der Waals surface area contributed by atoms with Crippen molar-refractivity contribution in [2.24, 2.45) is 0 Å². The molecule has 2 aromatic heterocycles. The first-order valence-electron chi connectivity index (χ1n) is 9.16. The smallest absolute Gasteiger partial charge is 0.226 e. The van der Waals surface area contributed by atoms with Gasteiger partial charge in [0.2, 0.25) is 5.28 Å². The molecule has 4 rings (SSSR count). The molecule has 0 radical (unpaired) electrons. The Balaban J connectivity index is 1.45. The van der Waals surface area contributed by atoms with Crippen LogP contribution in [0.5, 0.6) is 5.75 Å². The third kappa shape index (κ3) is 4.17. The molecule has 30 heavy (non-hydrogen) atoms. The third-order valence-electron chi connectivity index (χ3n) is 4.55. The summed E-state index contributed by atoms with van der Waals surface area (Å²) in [7, 11) is 0. The number of halogens is 1. The number of hydrogen-bond acceptors (Lipinski definition) is 10. The Hall–Kier alpha value is -2.54. The minimum Gasteiger partial charge on any atom is -0.491 e. The minimum absolute atomic E-state index is 0.0809. The normalized spacial score (nSPS) is 23.7. The number of rotatable bonds is 8. The Morgan fingerprint density at radius 1 is 1.13 bits per heavy atom. The Bertz CT molecular complexity index is 990. The zero-order chi connectivity index (χ0) is 21.1. The van der Waals surface area contributed by atoms with Crippen molar-refractivity contribution in [3.63, 3.8) is 0 Å². The highest BCUT2D eigenvalue weighted by Gasteiger charge is 2.44. The maximum Gasteiger partial charge on any atom is 0.226 e.